The summed E-state index contributed by atoms with van der Waals surface area (Å²) in [6.07, 6.45) is 0. The molecule has 0 radical (unpaired) electrons. The van der Waals surface area contributed by atoms with Gasteiger partial charge in [0.05, 0.1) is 18.4 Å². The van der Waals surface area contributed by atoms with Crippen LogP contribution >= 0.6 is 0 Å². The van der Waals surface area contributed by atoms with Crippen LogP contribution in [0.5, 0.6) is 0 Å². The Balaban J connectivity index is 1.99. The lowest BCUT2D eigenvalue weighted by Crippen LogP contribution is -2.28. The maximum Gasteiger partial charge on any atom is 0.337 e. The first-order valence-corrected chi connectivity index (χ1v) is 6.67. The van der Waals surface area contributed by atoms with E-state index < -0.39 is 17.8 Å². The molecule has 2 aromatic rings. The van der Waals surface area contributed by atoms with Gasteiger partial charge >= 0.3 is 12.0 Å². The Bertz CT molecular complexity index is 718. The fraction of sp³-hybridized carbons (Fsp3) is 0.125. The van der Waals surface area contributed by atoms with Gasteiger partial charge in [0.15, 0.2) is 0 Å². The van der Waals surface area contributed by atoms with Crippen LogP contribution in [0.1, 0.15) is 15.9 Å². The average molecular weight is 320 g/mol. The number of methoxy groups -OCH3 is 1. The van der Waals surface area contributed by atoms with Crippen LogP contribution in [-0.2, 0) is 11.3 Å². The number of benzene rings is 2. The van der Waals surface area contributed by atoms with Crippen LogP contribution in [0.4, 0.5) is 19.3 Å². The van der Waals surface area contributed by atoms with Gasteiger partial charge in [-0.1, -0.05) is 12.1 Å². The highest BCUT2D eigenvalue weighted by Crippen LogP contribution is 2.16. The van der Waals surface area contributed by atoms with Crippen molar-refractivity contribution in [2.75, 3.05) is 12.4 Å². The number of esters is 1. The van der Waals surface area contributed by atoms with E-state index in [1.54, 1.807) is 0 Å². The van der Waals surface area contributed by atoms with Crippen molar-refractivity contribution in [3.8, 4) is 0 Å². The van der Waals surface area contributed by atoms with Gasteiger partial charge in [-0.2, -0.15) is 0 Å². The number of ether oxygens (including phenoxy) is 1. The first kappa shape index (κ1) is 16.4. The molecule has 0 aromatic heterocycles. The molecular weight excluding hydrogens is 306 g/mol. The molecule has 0 aliphatic heterocycles. The van der Waals surface area contributed by atoms with Gasteiger partial charge in [0.2, 0.25) is 0 Å². The van der Waals surface area contributed by atoms with E-state index in [1.165, 1.54) is 43.5 Å². The number of hydrogen-bond acceptors (Lipinski definition) is 3. The van der Waals surface area contributed by atoms with Gasteiger partial charge < -0.3 is 15.4 Å². The van der Waals surface area contributed by atoms with Gasteiger partial charge in [0, 0.05) is 6.54 Å². The summed E-state index contributed by atoms with van der Waals surface area (Å²) in [4.78, 5) is 23.2. The maximum atomic E-state index is 13.7. The Labute approximate surface area is 131 Å². The Morgan fingerprint density at radius 3 is 2.43 bits per heavy atom. The minimum absolute atomic E-state index is 0.114. The topological polar surface area (TPSA) is 67.4 Å². The van der Waals surface area contributed by atoms with Crippen molar-refractivity contribution in [1.29, 1.82) is 0 Å². The van der Waals surface area contributed by atoms with Crippen molar-refractivity contribution >= 4 is 17.7 Å². The van der Waals surface area contributed by atoms with Crippen LogP contribution in [0.2, 0.25) is 0 Å². The molecule has 5 nitrogen and oxygen atoms in total. The molecule has 0 atom stereocenters. The van der Waals surface area contributed by atoms with Crippen LogP contribution in [-0.4, -0.2) is 19.1 Å². The number of carbonyl (C=O) groups excluding carboxylic acids is 2. The number of urea groups is 1. The third kappa shape index (κ3) is 4.50. The molecule has 2 amide bonds. The zero-order chi connectivity index (χ0) is 16.8. The van der Waals surface area contributed by atoms with E-state index in [0.29, 0.717) is 5.56 Å². The van der Waals surface area contributed by atoms with Crippen LogP contribution in [0.25, 0.3) is 0 Å². The van der Waals surface area contributed by atoms with E-state index >= 15 is 0 Å². The zero-order valence-corrected chi connectivity index (χ0v) is 12.2. The van der Waals surface area contributed by atoms with Crippen molar-refractivity contribution in [3.05, 3.63) is 65.2 Å². The van der Waals surface area contributed by atoms with Crippen molar-refractivity contribution in [2.24, 2.45) is 0 Å². The molecule has 0 spiro atoms. The molecule has 0 saturated heterocycles. The highest BCUT2D eigenvalue weighted by molar-refractivity contribution is 5.94. The van der Waals surface area contributed by atoms with E-state index in [4.69, 9.17) is 0 Å². The largest absolute Gasteiger partial charge is 0.465 e. The lowest BCUT2D eigenvalue weighted by molar-refractivity contribution is 0.0600. The summed E-state index contributed by atoms with van der Waals surface area (Å²) in [6.45, 7) is 0.143. The number of anilines is 1. The highest BCUT2D eigenvalue weighted by Gasteiger charge is 2.12. The summed E-state index contributed by atoms with van der Waals surface area (Å²) >= 11 is 0. The molecule has 0 bridgehead atoms. The first-order chi connectivity index (χ1) is 11.0. The van der Waals surface area contributed by atoms with Crippen molar-refractivity contribution in [2.45, 2.75) is 6.54 Å². The molecule has 0 unspecified atom stereocenters. The Morgan fingerprint density at radius 2 is 1.78 bits per heavy atom. The van der Waals surface area contributed by atoms with Crippen molar-refractivity contribution in [3.63, 3.8) is 0 Å². The highest BCUT2D eigenvalue weighted by atomic mass is 19.1. The molecule has 0 fully saturated rings. The normalized spacial score (nSPS) is 10.0. The smallest absolute Gasteiger partial charge is 0.337 e. The van der Waals surface area contributed by atoms with E-state index in [-0.39, 0.29) is 23.6 Å². The lowest BCUT2D eigenvalue weighted by atomic mass is 10.2. The average Bonchev–Trinajstić information content (AvgIpc) is 2.55. The third-order valence-electron chi connectivity index (χ3n) is 3.00. The number of nitrogens with one attached hydrogen (secondary N) is 2. The first-order valence-electron chi connectivity index (χ1n) is 6.67. The Morgan fingerprint density at radius 1 is 1.09 bits per heavy atom. The minimum atomic E-state index is -0.686. The molecule has 0 heterocycles. The van der Waals surface area contributed by atoms with Gasteiger partial charge in [-0.25, -0.2) is 18.4 Å². The lowest BCUT2D eigenvalue weighted by Gasteiger charge is -2.09. The molecule has 0 aliphatic carbocycles. The molecule has 2 N–H and O–H groups in total. The molecule has 0 saturated carbocycles. The molecule has 0 aliphatic rings. The van der Waals surface area contributed by atoms with Crippen LogP contribution in [0.3, 0.4) is 0 Å². The molecule has 23 heavy (non-hydrogen) atoms. The second-order valence-corrected chi connectivity index (χ2v) is 4.62. The molecule has 120 valence electrons. The summed E-state index contributed by atoms with van der Waals surface area (Å²) in [6, 6.07) is 8.42. The van der Waals surface area contributed by atoms with E-state index in [9.17, 15) is 18.4 Å². The Hall–Kier alpha value is -2.96. The molecule has 2 rings (SSSR count). The Kier molecular flexibility index (Phi) is 5.24. The van der Waals surface area contributed by atoms with E-state index in [0.717, 1.165) is 6.07 Å². The fourth-order valence-corrected chi connectivity index (χ4v) is 1.82. The second kappa shape index (κ2) is 7.35. The van der Waals surface area contributed by atoms with Crippen LogP contribution in [0.15, 0.2) is 42.5 Å². The zero-order valence-electron chi connectivity index (χ0n) is 12.2. The van der Waals surface area contributed by atoms with Crippen LogP contribution < -0.4 is 10.6 Å². The molecule has 7 heteroatoms. The minimum Gasteiger partial charge on any atom is -0.465 e. The van der Waals surface area contributed by atoms with E-state index in [1.807, 2.05) is 0 Å². The quantitative estimate of drug-likeness (QED) is 0.851. The summed E-state index contributed by atoms with van der Waals surface area (Å²) in [5.74, 6) is -1.70. The monoisotopic (exact) mass is 320 g/mol. The third-order valence-corrected chi connectivity index (χ3v) is 3.00. The molecule has 2 aromatic carbocycles. The second-order valence-electron chi connectivity index (χ2n) is 4.62. The van der Waals surface area contributed by atoms with Crippen LogP contribution in [0, 0.1) is 11.6 Å². The summed E-state index contributed by atoms with van der Waals surface area (Å²) < 4.78 is 31.0. The van der Waals surface area contributed by atoms with E-state index in [2.05, 4.69) is 15.4 Å². The van der Waals surface area contributed by atoms with Gasteiger partial charge in [0.1, 0.15) is 11.6 Å². The predicted molar refractivity (Wildman–Crippen MR) is 80.0 cm³/mol. The van der Waals surface area contributed by atoms with Gasteiger partial charge in [0.25, 0.3) is 0 Å². The maximum absolute atomic E-state index is 13.7. The van der Waals surface area contributed by atoms with Crippen molar-refractivity contribution < 1.29 is 23.1 Å². The number of rotatable bonds is 4. The number of amides is 2. The SMILES string of the molecule is COC(=O)c1ccc(F)c(NC(=O)NCc2ccc(F)cc2)c1. The van der Waals surface area contributed by atoms with Gasteiger partial charge in [-0.15, -0.1) is 0 Å². The number of halogens is 2. The predicted octanol–water partition coefficient (Wildman–Crippen LogP) is 3.07. The summed E-state index contributed by atoms with van der Waals surface area (Å²) in [5, 5.41) is 4.81. The number of hydrogen-bond donors (Lipinski definition) is 2. The summed E-state index contributed by atoms with van der Waals surface area (Å²) in [5.41, 5.74) is 0.651. The standard InChI is InChI=1S/C16H14F2N2O3/c1-23-15(21)11-4-7-13(18)14(8-11)20-16(22)19-9-10-2-5-12(17)6-3-10/h2-8H,9H2,1H3,(H2,19,20,22). The fourth-order valence-electron chi connectivity index (χ4n) is 1.82. The molecular formula is C16H14F2N2O3. The van der Waals surface area contributed by atoms with Crippen molar-refractivity contribution in [1.82, 2.24) is 5.32 Å². The van der Waals surface area contributed by atoms with Gasteiger partial charge in [-0.05, 0) is 35.9 Å². The summed E-state index contributed by atoms with van der Waals surface area (Å²) in [7, 11) is 1.20. The number of carbonyl (C=O) groups is 2. The van der Waals surface area contributed by atoms with Gasteiger partial charge in [-0.3, -0.25) is 0 Å².